The number of amides is 1. The Kier molecular flexibility index (Phi) is 4.31. The van der Waals surface area contributed by atoms with Crippen LogP contribution in [0, 0.1) is 0 Å². The molecule has 1 N–H and O–H groups in total. The van der Waals surface area contributed by atoms with Gasteiger partial charge in [-0.25, -0.2) is 0 Å². The van der Waals surface area contributed by atoms with E-state index in [-0.39, 0.29) is 5.91 Å². The molecule has 0 atom stereocenters. The first-order valence-electron chi connectivity index (χ1n) is 7.28. The maximum Gasteiger partial charge on any atom is 0.229 e. The first-order chi connectivity index (χ1) is 10.3. The number of carbonyl (C=O) groups is 1. The second-order valence-electron chi connectivity index (χ2n) is 5.24. The SMILES string of the molecule is O=C(Cc1ccccc1)Nc1ccn(C2CCOCC2)n1. The van der Waals surface area contributed by atoms with Crippen LogP contribution >= 0.6 is 0 Å². The van der Waals surface area contributed by atoms with Gasteiger partial charge in [0, 0.05) is 25.5 Å². The van der Waals surface area contributed by atoms with E-state index in [1.54, 1.807) is 0 Å². The molecule has 2 heterocycles. The molecular weight excluding hydrogens is 266 g/mol. The van der Waals surface area contributed by atoms with E-state index in [0.717, 1.165) is 31.6 Å². The smallest absolute Gasteiger partial charge is 0.229 e. The highest BCUT2D eigenvalue weighted by Gasteiger charge is 2.16. The van der Waals surface area contributed by atoms with Crippen LogP contribution in [0.2, 0.25) is 0 Å². The molecular formula is C16H19N3O2. The van der Waals surface area contributed by atoms with Gasteiger partial charge in [0.2, 0.25) is 5.91 Å². The van der Waals surface area contributed by atoms with E-state index in [0.29, 0.717) is 18.3 Å². The summed E-state index contributed by atoms with van der Waals surface area (Å²) >= 11 is 0. The Bertz CT molecular complexity index is 589. The summed E-state index contributed by atoms with van der Waals surface area (Å²) in [7, 11) is 0. The monoisotopic (exact) mass is 285 g/mol. The van der Waals surface area contributed by atoms with Crippen LogP contribution in [-0.2, 0) is 16.0 Å². The highest BCUT2D eigenvalue weighted by Crippen LogP contribution is 2.20. The van der Waals surface area contributed by atoms with Crippen LogP contribution in [-0.4, -0.2) is 28.9 Å². The lowest BCUT2D eigenvalue weighted by molar-refractivity contribution is -0.115. The zero-order valence-corrected chi connectivity index (χ0v) is 11.9. The maximum absolute atomic E-state index is 12.0. The highest BCUT2D eigenvalue weighted by molar-refractivity contribution is 5.91. The van der Waals surface area contributed by atoms with E-state index in [4.69, 9.17) is 4.74 Å². The van der Waals surface area contributed by atoms with Gasteiger partial charge in [-0.3, -0.25) is 9.48 Å². The van der Waals surface area contributed by atoms with Gasteiger partial charge in [0.25, 0.3) is 0 Å². The number of hydrogen-bond acceptors (Lipinski definition) is 3. The summed E-state index contributed by atoms with van der Waals surface area (Å²) in [5.41, 5.74) is 0.999. The largest absolute Gasteiger partial charge is 0.381 e. The van der Waals surface area contributed by atoms with Crippen molar-refractivity contribution in [2.75, 3.05) is 18.5 Å². The van der Waals surface area contributed by atoms with Crippen molar-refractivity contribution in [3.63, 3.8) is 0 Å². The van der Waals surface area contributed by atoms with Crippen LogP contribution < -0.4 is 5.32 Å². The third kappa shape index (κ3) is 3.70. The normalized spacial score (nSPS) is 15.8. The molecule has 1 aliphatic heterocycles. The molecule has 0 unspecified atom stereocenters. The van der Waals surface area contributed by atoms with E-state index in [1.165, 1.54) is 0 Å². The summed E-state index contributed by atoms with van der Waals surface area (Å²) in [6.45, 7) is 1.56. The zero-order chi connectivity index (χ0) is 14.5. The first-order valence-corrected chi connectivity index (χ1v) is 7.28. The molecule has 1 aromatic heterocycles. The molecule has 5 nitrogen and oxygen atoms in total. The number of rotatable bonds is 4. The number of anilines is 1. The van der Waals surface area contributed by atoms with Gasteiger partial charge in [0.05, 0.1) is 12.5 Å². The number of nitrogens with one attached hydrogen (secondary N) is 1. The summed E-state index contributed by atoms with van der Waals surface area (Å²) < 4.78 is 7.28. The van der Waals surface area contributed by atoms with Crippen LogP contribution in [0.3, 0.4) is 0 Å². The van der Waals surface area contributed by atoms with Crippen LogP contribution in [0.4, 0.5) is 5.82 Å². The second-order valence-corrected chi connectivity index (χ2v) is 5.24. The summed E-state index contributed by atoms with van der Waals surface area (Å²) in [6.07, 6.45) is 4.23. The minimum atomic E-state index is -0.0431. The second kappa shape index (κ2) is 6.54. The van der Waals surface area contributed by atoms with Crippen molar-refractivity contribution in [2.45, 2.75) is 25.3 Å². The molecule has 0 bridgehead atoms. The number of hydrogen-bond donors (Lipinski definition) is 1. The van der Waals surface area contributed by atoms with Crippen molar-refractivity contribution < 1.29 is 9.53 Å². The first kappa shape index (κ1) is 13.8. The lowest BCUT2D eigenvalue weighted by Crippen LogP contribution is -2.20. The van der Waals surface area contributed by atoms with Crippen LogP contribution in [0.5, 0.6) is 0 Å². The van der Waals surface area contributed by atoms with Crippen molar-refractivity contribution in [1.29, 1.82) is 0 Å². The van der Waals surface area contributed by atoms with E-state index >= 15 is 0 Å². The van der Waals surface area contributed by atoms with Crippen LogP contribution in [0.15, 0.2) is 42.6 Å². The van der Waals surface area contributed by atoms with Crippen molar-refractivity contribution in [1.82, 2.24) is 9.78 Å². The quantitative estimate of drug-likeness (QED) is 0.938. The molecule has 0 radical (unpaired) electrons. The molecule has 2 aromatic rings. The van der Waals surface area contributed by atoms with Crippen LogP contribution in [0.25, 0.3) is 0 Å². The van der Waals surface area contributed by atoms with Gasteiger partial charge in [0.15, 0.2) is 5.82 Å². The van der Waals surface area contributed by atoms with Gasteiger partial charge in [-0.2, -0.15) is 5.10 Å². The minimum absolute atomic E-state index is 0.0431. The Balaban J connectivity index is 1.57. The molecule has 0 saturated carbocycles. The van der Waals surface area contributed by atoms with Gasteiger partial charge in [-0.1, -0.05) is 30.3 Å². The molecule has 0 spiro atoms. The fourth-order valence-corrected chi connectivity index (χ4v) is 2.53. The molecule has 3 rings (SSSR count). The van der Waals surface area contributed by atoms with Crippen LogP contribution in [0.1, 0.15) is 24.4 Å². The van der Waals surface area contributed by atoms with E-state index in [1.807, 2.05) is 47.3 Å². The number of nitrogens with zero attached hydrogens (tertiary/aromatic N) is 2. The summed E-state index contributed by atoms with van der Waals surface area (Å²) in [5, 5.41) is 7.29. The van der Waals surface area contributed by atoms with E-state index in [2.05, 4.69) is 10.4 Å². The van der Waals surface area contributed by atoms with E-state index in [9.17, 15) is 4.79 Å². The van der Waals surface area contributed by atoms with Gasteiger partial charge < -0.3 is 10.1 Å². The summed E-state index contributed by atoms with van der Waals surface area (Å²) in [6, 6.07) is 11.9. The van der Waals surface area contributed by atoms with Crippen molar-refractivity contribution in [2.24, 2.45) is 0 Å². The van der Waals surface area contributed by atoms with Crippen molar-refractivity contribution in [3.8, 4) is 0 Å². The molecule has 1 aliphatic rings. The molecule has 21 heavy (non-hydrogen) atoms. The molecule has 110 valence electrons. The van der Waals surface area contributed by atoms with Gasteiger partial charge in [0.1, 0.15) is 0 Å². The Morgan fingerprint density at radius 1 is 1.24 bits per heavy atom. The average Bonchev–Trinajstić information content (AvgIpc) is 2.97. The van der Waals surface area contributed by atoms with Gasteiger partial charge in [-0.15, -0.1) is 0 Å². The Hall–Kier alpha value is -2.14. The van der Waals surface area contributed by atoms with Gasteiger partial charge >= 0.3 is 0 Å². The number of ether oxygens (including phenoxy) is 1. The maximum atomic E-state index is 12.0. The fraction of sp³-hybridized carbons (Fsp3) is 0.375. The third-order valence-corrected chi connectivity index (χ3v) is 3.65. The Morgan fingerprint density at radius 3 is 2.76 bits per heavy atom. The van der Waals surface area contributed by atoms with Crippen molar-refractivity contribution >= 4 is 11.7 Å². The Labute approximate surface area is 123 Å². The molecule has 1 fully saturated rings. The highest BCUT2D eigenvalue weighted by atomic mass is 16.5. The van der Waals surface area contributed by atoms with Gasteiger partial charge in [-0.05, 0) is 18.4 Å². The third-order valence-electron chi connectivity index (χ3n) is 3.65. The molecule has 1 amide bonds. The summed E-state index contributed by atoms with van der Waals surface area (Å²) in [4.78, 5) is 12.0. The fourth-order valence-electron chi connectivity index (χ4n) is 2.53. The predicted molar refractivity (Wildman–Crippen MR) is 80.1 cm³/mol. The zero-order valence-electron chi connectivity index (χ0n) is 11.9. The predicted octanol–water partition coefficient (Wildman–Crippen LogP) is 2.42. The molecule has 1 saturated heterocycles. The molecule has 0 aliphatic carbocycles. The van der Waals surface area contributed by atoms with Crippen molar-refractivity contribution in [3.05, 3.63) is 48.2 Å². The molecule has 5 heteroatoms. The minimum Gasteiger partial charge on any atom is -0.381 e. The lowest BCUT2D eigenvalue weighted by atomic mass is 10.1. The Morgan fingerprint density at radius 2 is 2.00 bits per heavy atom. The number of aromatic nitrogens is 2. The number of benzene rings is 1. The standard InChI is InChI=1S/C16H19N3O2/c20-16(12-13-4-2-1-3-5-13)17-15-6-9-19(18-15)14-7-10-21-11-8-14/h1-6,9,14H,7-8,10-12H2,(H,17,18,20). The topological polar surface area (TPSA) is 56.2 Å². The summed E-state index contributed by atoms with van der Waals surface area (Å²) in [5.74, 6) is 0.570. The van der Waals surface area contributed by atoms with E-state index < -0.39 is 0 Å². The molecule has 1 aromatic carbocycles. The lowest BCUT2D eigenvalue weighted by Gasteiger charge is -2.22. The average molecular weight is 285 g/mol. The number of carbonyl (C=O) groups excluding carboxylic acids is 1.